The fraction of sp³-hybridized carbons (Fsp3) is 0.941. The van der Waals surface area contributed by atoms with E-state index in [-0.39, 0.29) is 34.6 Å². The second kappa shape index (κ2) is 123. The van der Waals surface area contributed by atoms with Crippen LogP contribution >= 0.6 is 73.3 Å². The molecule has 0 aliphatic rings. The van der Waals surface area contributed by atoms with E-state index in [1.54, 1.807) is 0 Å². The molecule has 0 aliphatic carbocycles. The average Bonchev–Trinajstić information content (AvgIpc) is 1.00. The number of unbranched alkanes of at least 4 members (excludes halogenated alkanes) is 60. The standard InChI is InChI=1S/6C17H35NS2.Mo.S/c6*1-3-5-7-9-11-13-15-18(17(19)20)16-14-12-10-8-6-4-2;;/h6*3-16H2,1-2H3,(H,19,20);;/q;;;;;;+6;-2/p-6. The van der Waals surface area contributed by atoms with E-state index in [1.807, 2.05) is 0 Å². The van der Waals surface area contributed by atoms with Crippen molar-refractivity contribution in [2.75, 3.05) is 78.5 Å². The average molecular weight is 2030 g/mol. The Balaban J connectivity index is -0.000000212. The molecule has 0 rings (SSSR count). The molecule has 0 aromatic rings. The smallest absolute Gasteiger partial charge is 2.00 e. The van der Waals surface area contributed by atoms with Crippen LogP contribution in [0.5, 0.6) is 0 Å². The van der Waals surface area contributed by atoms with Gasteiger partial charge in [-0.25, -0.2) is 0 Å². The molecule has 20 heteroatoms. The summed E-state index contributed by atoms with van der Waals surface area (Å²) in [5.74, 6) is 0. The molecular formula is C102H204MoN6S13-2. The van der Waals surface area contributed by atoms with Crippen molar-refractivity contribution in [2.45, 2.75) is 545 Å². The van der Waals surface area contributed by atoms with E-state index in [9.17, 15) is 0 Å². The number of rotatable bonds is 84. The van der Waals surface area contributed by atoms with Gasteiger partial charge in [0.05, 0.1) is 0 Å². The first-order valence-corrected chi connectivity index (χ1v) is 57.0. The predicted molar refractivity (Wildman–Crippen MR) is 597 cm³/mol. The Morgan fingerprint density at radius 2 is 0.189 bits per heavy atom. The third-order valence-electron chi connectivity index (χ3n) is 22.9. The van der Waals surface area contributed by atoms with Crippen molar-refractivity contribution in [3.05, 3.63) is 0 Å². The summed E-state index contributed by atoms with van der Waals surface area (Å²) in [7, 11) is 0. The molecule has 122 heavy (non-hydrogen) atoms. The number of nitrogens with zero attached hydrogens (tertiary/aromatic N) is 6. The van der Waals surface area contributed by atoms with Crippen LogP contribution < -0.4 is 0 Å². The van der Waals surface area contributed by atoms with E-state index < -0.39 is 0 Å². The van der Waals surface area contributed by atoms with E-state index in [0.717, 1.165) is 78.5 Å². The number of hydrogen-bond donors (Lipinski definition) is 0. The molecule has 0 atom stereocenters. The molecule has 0 aromatic heterocycles. The maximum atomic E-state index is 5.20. The Hall–Kier alpha value is 1.70. The van der Waals surface area contributed by atoms with Gasteiger partial charge in [-0.3, -0.25) is 0 Å². The molecule has 0 fully saturated rings. The van der Waals surface area contributed by atoms with E-state index in [4.69, 9.17) is 149 Å². The summed E-state index contributed by atoms with van der Waals surface area (Å²) in [6.45, 7) is 40.0. The van der Waals surface area contributed by atoms with E-state index in [0.29, 0.717) is 25.9 Å². The van der Waals surface area contributed by atoms with E-state index in [2.05, 4.69) is 112 Å². The monoisotopic (exact) mass is 2030 g/mol. The third-order valence-corrected chi connectivity index (χ3v) is 26.0. The largest absolute Gasteiger partial charge is 6.00 e. The van der Waals surface area contributed by atoms with Crippen LogP contribution in [-0.4, -0.2) is 134 Å². The van der Waals surface area contributed by atoms with Gasteiger partial charge in [0.2, 0.25) is 0 Å². The summed E-state index contributed by atoms with van der Waals surface area (Å²) in [6.07, 6.45) is 96.1. The third kappa shape index (κ3) is 120. The van der Waals surface area contributed by atoms with Crippen LogP contribution in [0.15, 0.2) is 0 Å². The maximum absolute atomic E-state index is 5.20. The molecule has 6 nitrogen and oxygen atoms in total. The van der Waals surface area contributed by atoms with Gasteiger partial charge in [0.15, 0.2) is 0 Å². The summed E-state index contributed by atoms with van der Waals surface area (Å²) < 4.78 is 4.04. The molecule has 728 valence electrons. The molecule has 0 aliphatic heterocycles. The van der Waals surface area contributed by atoms with Crippen LogP contribution in [0.25, 0.3) is 0 Å². The van der Waals surface area contributed by atoms with Crippen LogP contribution in [0.1, 0.15) is 545 Å². The topological polar surface area (TPSA) is 19.4 Å². The molecule has 0 saturated heterocycles. The second-order valence-corrected chi connectivity index (χ2v) is 40.9. The van der Waals surface area contributed by atoms with Crippen LogP contribution in [0.2, 0.25) is 0 Å². The molecule has 0 amide bonds. The van der Waals surface area contributed by atoms with Crippen molar-refractivity contribution >= 4 is 188 Å². The van der Waals surface area contributed by atoms with Crippen LogP contribution in [0.3, 0.4) is 0 Å². The predicted octanol–water partition coefficient (Wildman–Crippen LogP) is 35.0. The summed E-state index contributed by atoms with van der Waals surface area (Å²) in [6, 6.07) is 0. The summed E-state index contributed by atoms with van der Waals surface area (Å²) in [5.41, 5.74) is 0. The quantitative estimate of drug-likeness (QED) is 0.0249. The van der Waals surface area contributed by atoms with Crippen molar-refractivity contribution in [1.82, 2.24) is 29.4 Å². The Morgan fingerprint density at radius 3 is 0.246 bits per heavy atom. The van der Waals surface area contributed by atoms with Crippen molar-refractivity contribution < 1.29 is 21.1 Å². The Labute approximate surface area is 854 Å². The zero-order valence-electron chi connectivity index (χ0n) is 82.8. The molecule has 0 heterocycles. The molecular weight excluding hydrogens is 1820 g/mol. The maximum Gasteiger partial charge on any atom is 6.00 e. The summed E-state index contributed by atoms with van der Waals surface area (Å²) >= 11 is 62.4. The fourth-order valence-electron chi connectivity index (χ4n) is 14.8. The fourth-order valence-corrected chi connectivity index (χ4v) is 17.0. The van der Waals surface area contributed by atoms with Gasteiger partial charge in [-0.05, 0) is 77.0 Å². The minimum Gasteiger partial charge on any atom is -2.00 e. The van der Waals surface area contributed by atoms with E-state index >= 15 is 0 Å². The minimum atomic E-state index is 0. The summed E-state index contributed by atoms with van der Waals surface area (Å²) in [4.78, 5) is 13.4. The summed E-state index contributed by atoms with van der Waals surface area (Å²) in [5, 5.41) is 0. The SMILES string of the molecule is CCCCCCCCN(CCCCCCCC)C(=S)[S-].CCCCCCCCN(CCCCCCCC)C(=S)[S-].CCCCCCCCN(CCCCCCCC)C(=S)[S-].CCCCCCCCN(CCCCCCCC)C(=S)[S-].CCCCCCCCN(CCCCCCCC)C(=S)[S-].CCCCCCCCN(CCCCCCCC)C(=S)[S-].[Mo+6].[S-2]. The van der Waals surface area contributed by atoms with Crippen molar-refractivity contribution in [1.29, 1.82) is 0 Å². The van der Waals surface area contributed by atoms with Crippen molar-refractivity contribution in [3.63, 3.8) is 0 Å². The Kier molecular flexibility index (Phi) is 140. The normalized spacial score (nSPS) is 10.5. The molecule has 0 unspecified atom stereocenters. The van der Waals surface area contributed by atoms with Gasteiger partial charge in [-0.1, -0.05) is 494 Å². The number of thiocarbonyl (C=S) groups is 6. The zero-order valence-corrected chi connectivity index (χ0v) is 95.4. The first kappa shape index (κ1) is 139. The zero-order chi connectivity index (χ0) is 90.3. The van der Waals surface area contributed by atoms with Gasteiger partial charge in [-0.15, -0.1) is 0 Å². The van der Waals surface area contributed by atoms with Crippen LogP contribution in [0, 0.1) is 0 Å². The minimum absolute atomic E-state index is 0. The molecule has 0 saturated carbocycles. The molecule has 0 aromatic carbocycles. The van der Waals surface area contributed by atoms with Crippen LogP contribution in [0.4, 0.5) is 0 Å². The van der Waals surface area contributed by atoms with Gasteiger partial charge >= 0.3 is 21.1 Å². The van der Waals surface area contributed by atoms with Crippen LogP contribution in [-0.2, 0) is 110 Å². The first-order valence-electron chi connectivity index (χ1n) is 52.1. The van der Waals surface area contributed by atoms with Gasteiger partial charge in [0.25, 0.3) is 0 Å². The Bertz CT molecular complexity index is 1590. The first-order chi connectivity index (χ1) is 58.3. The van der Waals surface area contributed by atoms with Gasteiger partial charge < -0.3 is 192 Å². The van der Waals surface area contributed by atoms with Gasteiger partial charge in [0.1, 0.15) is 0 Å². The number of hydrogen-bond acceptors (Lipinski definition) is 12. The van der Waals surface area contributed by atoms with Crippen molar-refractivity contribution in [3.8, 4) is 0 Å². The molecule has 0 bridgehead atoms. The van der Waals surface area contributed by atoms with E-state index in [1.165, 1.54) is 462 Å². The van der Waals surface area contributed by atoms with Crippen molar-refractivity contribution in [2.24, 2.45) is 0 Å². The van der Waals surface area contributed by atoms with Gasteiger partial charge in [0, 0.05) is 78.5 Å². The molecule has 0 radical (unpaired) electrons. The van der Waals surface area contributed by atoms with Gasteiger partial charge in [-0.2, -0.15) is 0 Å². The second-order valence-electron chi connectivity index (χ2n) is 34.7. The Morgan fingerprint density at radius 1 is 0.131 bits per heavy atom. The molecule has 0 spiro atoms. The molecule has 0 N–H and O–H groups in total.